The van der Waals surface area contributed by atoms with Gasteiger partial charge in [-0.15, -0.1) is 0 Å². The van der Waals surface area contributed by atoms with E-state index < -0.39 is 55.9 Å². The van der Waals surface area contributed by atoms with Crippen molar-refractivity contribution < 1.29 is 32.9 Å². The Kier molecular flexibility index (Phi) is 7.57. The third-order valence-electron chi connectivity index (χ3n) is 3.60. The molecule has 0 bridgehead atoms. The van der Waals surface area contributed by atoms with Gasteiger partial charge >= 0.3 is 12.1 Å². The van der Waals surface area contributed by atoms with Gasteiger partial charge in [-0.1, -0.05) is 19.6 Å². The third-order valence-corrected chi connectivity index (χ3v) is 5.30. The summed E-state index contributed by atoms with van der Waals surface area (Å²) >= 11 is 0. The van der Waals surface area contributed by atoms with Crippen LogP contribution in [0.25, 0.3) is 0 Å². The average molecular weight is 411 g/mol. The zero-order valence-corrected chi connectivity index (χ0v) is 16.5. The number of hydrogen-bond acceptors (Lipinski definition) is 6. The number of anilines is 1. The summed E-state index contributed by atoms with van der Waals surface area (Å²) in [7, 11) is -1.40. The van der Waals surface area contributed by atoms with Crippen LogP contribution in [-0.2, 0) is 22.4 Å². The van der Waals surface area contributed by atoms with E-state index in [0.29, 0.717) is 10.9 Å². The van der Waals surface area contributed by atoms with E-state index in [1.165, 1.54) is 0 Å². The quantitative estimate of drug-likeness (QED) is 0.420. The summed E-state index contributed by atoms with van der Waals surface area (Å²) in [4.78, 5) is 23.3. The number of carbonyl (C=O) groups is 1. The number of nitrogens with zero attached hydrogens (tertiary/aromatic N) is 2. The molecule has 27 heavy (non-hydrogen) atoms. The summed E-state index contributed by atoms with van der Waals surface area (Å²) in [6, 6.07) is -0.974. The van der Waals surface area contributed by atoms with Gasteiger partial charge in [0.15, 0.2) is 6.04 Å². The largest absolute Gasteiger partial charge is 0.480 e. The third kappa shape index (κ3) is 6.95. The van der Waals surface area contributed by atoms with Crippen molar-refractivity contribution in [3.8, 4) is 0 Å². The Hall–Kier alpha value is -1.92. The summed E-state index contributed by atoms with van der Waals surface area (Å²) in [6.07, 6.45) is -5.86. The maximum Gasteiger partial charge on any atom is 0.423 e. The first-order chi connectivity index (χ1) is 12.2. The fourth-order valence-corrected chi connectivity index (χ4v) is 2.81. The lowest BCUT2D eigenvalue weighted by Crippen LogP contribution is -2.41. The first-order valence-corrected chi connectivity index (χ1v) is 11.9. The molecule has 0 aliphatic heterocycles. The van der Waals surface area contributed by atoms with Gasteiger partial charge in [0.2, 0.25) is 0 Å². The fraction of sp³-hybridized carbons (Fsp3) is 0.667. The molecule has 0 amide bonds. The SMILES string of the molecule is C[C@H](O)[C@H](Nc1cnn(COCC[Si](C)(C)C)c(=O)c1C(F)(F)F)C(=O)O. The molecule has 0 saturated carbocycles. The van der Waals surface area contributed by atoms with Crippen LogP contribution >= 0.6 is 0 Å². The number of aliphatic carboxylic acids is 1. The maximum atomic E-state index is 13.4. The predicted molar refractivity (Wildman–Crippen MR) is 94.3 cm³/mol. The van der Waals surface area contributed by atoms with Crippen LogP contribution in [0.5, 0.6) is 0 Å². The topological polar surface area (TPSA) is 114 Å². The number of aliphatic hydroxyl groups excluding tert-OH is 1. The Balaban J connectivity index is 3.13. The highest BCUT2D eigenvalue weighted by Crippen LogP contribution is 2.32. The highest BCUT2D eigenvalue weighted by atomic mass is 28.3. The molecule has 0 spiro atoms. The van der Waals surface area contributed by atoms with Crippen molar-refractivity contribution in [2.75, 3.05) is 11.9 Å². The van der Waals surface area contributed by atoms with E-state index >= 15 is 0 Å². The zero-order chi connectivity index (χ0) is 21.0. The van der Waals surface area contributed by atoms with E-state index in [-0.39, 0.29) is 6.61 Å². The van der Waals surface area contributed by atoms with Crippen LogP contribution in [0.1, 0.15) is 12.5 Å². The molecule has 0 aromatic carbocycles. The van der Waals surface area contributed by atoms with E-state index in [4.69, 9.17) is 9.84 Å². The zero-order valence-electron chi connectivity index (χ0n) is 15.5. The summed E-state index contributed by atoms with van der Waals surface area (Å²) in [5, 5.41) is 24.1. The molecule has 1 aromatic heterocycles. The number of carboxylic acids is 1. The minimum Gasteiger partial charge on any atom is -0.480 e. The van der Waals surface area contributed by atoms with Crippen LogP contribution in [0.15, 0.2) is 11.0 Å². The summed E-state index contributed by atoms with van der Waals surface area (Å²) in [6.45, 7) is 7.23. The van der Waals surface area contributed by atoms with Gasteiger partial charge in [0.1, 0.15) is 12.3 Å². The van der Waals surface area contributed by atoms with E-state index in [9.17, 15) is 27.9 Å². The molecule has 154 valence electrons. The van der Waals surface area contributed by atoms with Crippen LogP contribution in [-0.4, -0.2) is 52.8 Å². The normalized spacial score (nSPS) is 14.7. The molecule has 0 aliphatic carbocycles. The van der Waals surface area contributed by atoms with Gasteiger partial charge in [0.25, 0.3) is 5.56 Å². The highest BCUT2D eigenvalue weighted by Gasteiger charge is 2.39. The summed E-state index contributed by atoms with van der Waals surface area (Å²) in [5.41, 5.74) is -3.88. The number of carboxylic acid groups (broad SMARTS) is 1. The minimum absolute atomic E-state index is 0.286. The summed E-state index contributed by atoms with van der Waals surface area (Å²) < 4.78 is 45.9. The second kappa shape index (κ2) is 8.84. The second-order valence-corrected chi connectivity index (χ2v) is 12.9. The number of ether oxygens (including phenoxy) is 1. The van der Waals surface area contributed by atoms with Crippen molar-refractivity contribution in [1.82, 2.24) is 9.78 Å². The predicted octanol–water partition coefficient (Wildman–Crippen LogP) is 1.82. The second-order valence-electron chi connectivity index (χ2n) is 7.28. The van der Waals surface area contributed by atoms with Crippen LogP contribution in [0, 0.1) is 0 Å². The van der Waals surface area contributed by atoms with Gasteiger partial charge in [-0.2, -0.15) is 18.3 Å². The van der Waals surface area contributed by atoms with Crippen molar-refractivity contribution >= 4 is 19.7 Å². The van der Waals surface area contributed by atoms with Gasteiger partial charge in [-0.3, -0.25) is 4.79 Å². The van der Waals surface area contributed by atoms with Gasteiger partial charge in [0, 0.05) is 14.7 Å². The van der Waals surface area contributed by atoms with Crippen LogP contribution in [0.4, 0.5) is 18.9 Å². The molecule has 0 radical (unpaired) electrons. The molecular formula is C15H24F3N3O5Si. The van der Waals surface area contributed by atoms with Gasteiger partial charge in [0.05, 0.1) is 18.0 Å². The molecule has 0 fully saturated rings. The van der Waals surface area contributed by atoms with Crippen molar-refractivity contribution in [2.45, 2.75) is 57.7 Å². The molecule has 3 N–H and O–H groups in total. The number of alkyl halides is 3. The molecule has 0 saturated heterocycles. The summed E-state index contributed by atoms with van der Waals surface area (Å²) in [5.74, 6) is -1.57. The van der Waals surface area contributed by atoms with E-state index in [1.807, 2.05) is 5.32 Å². The Bertz CT molecular complexity index is 716. The number of halogens is 3. The van der Waals surface area contributed by atoms with E-state index in [1.54, 1.807) is 0 Å². The van der Waals surface area contributed by atoms with Crippen molar-refractivity contribution in [3.63, 3.8) is 0 Å². The van der Waals surface area contributed by atoms with E-state index in [2.05, 4.69) is 24.7 Å². The number of hydrogen-bond donors (Lipinski definition) is 3. The maximum absolute atomic E-state index is 13.4. The molecule has 1 aromatic rings. The minimum atomic E-state index is -5.05. The van der Waals surface area contributed by atoms with Crippen molar-refractivity contribution in [2.24, 2.45) is 0 Å². The number of aromatic nitrogens is 2. The molecule has 2 atom stereocenters. The lowest BCUT2D eigenvalue weighted by molar-refractivity contribution is -0.141. The molecule has 12 heteroatoms. The van der Waals surface area contributed by atoms with Gasteiger partial charge < -0.3 is 20.3 Å². The Morgan fingerprint density at radius 2 is 2.00 bits per heavy atom. The Morgan fingerprint density at radius 1 is 1.41 bits per heavy atom. The lowest BCUT2D eigenvalue weighted by Gasteiger charge is -2.21. The van der Waals surface area contributed by atoms with Gasteiger partial charge in [-0.05, 0) is 13.0 Å². The first kappa shape index (κ1) is 23.1. The van der Waals surface area contributed by atoms with Gasteiger partial charge in [-0.25, -0.2) is 9.48 Å². The van der Waals surface area contributed by atoms with Crippen LogP contribution in [0.2, 0.25) is 25.7 Å². The first-order valence-electron chi connectivity index (χ1n) is 8.16. The molecule has 0 aliphatic rings. The average Bonchev–Trinajstić information content (AvgIpc) is 2.47. The Morgan fingerprint density at radius 3 is 2.44 bits per heavy atom. The monoisotopic (exact) mass is 411 g/mol. The molecular weight excluding hydrogens is 387 g/mol. The number of rotatable bonds is 9. The fourth-order valence-electron chi connectivity index (χ4n) is 2.05. The molecule has 0 unspecified atom stereocenters. The van der Waals surface area contributed by atoms with Crippen LogP contribution in [0.3, 0.4) is 0 Å². The number of aliphatic hydroxyl groups is 1. The smallest absolute Gasteiger partial charge is 0.423 e. The van der Waals surface area contributed by atoms with Crippen molar-refractivity contribution in [1.29, 1.82) is 0 Å². The molecule has 1 heterocycles. The standard InChI is InChI=1S/C15H24F3N3O5Si/c1-9(22)12(14(24)25)20-10-7-19-21(8-26-5-6-27(2,3)4)13(23)11(10)15(16,17)18/h7,9,12,20,22H,5-6,8H2,1-4H3,(H,24,25)/t9-,12-/m0/s1. The van der Waals surface area contributed by atoms with Crippen LogP contribution < -0.4 is 10.9 Å². The van der Waals surface area contributed by atoms with E-state index in [0.717, 1.165) is 13.0 Å². The van der Waals surface area contributed by atoms with Crippen molar-refractivity contribution in [3.05, 3.63) is 22.1 Å². The molecule has 8 nitrogen and oxygen atoms in total. The lowest BCUT2D eigenvalue weighted by atomic mass is 10.1. The molecule has 1 rings (SSSR count). The Labute approximate surface area is 155 Å². The number of nitrogens with one attached hydrogen (secondary N) is 1. The highest BCUT2D eigenvalue weighted by molar-refractivity contribution is 6.76.